The number of hydrogen-bond acceptors (Lipinski definition) is 3. The Bertz CT molecular complexity index is 801. The minimum atomic E-state index is -1.01. The summed E-state index contributed by atoms with van der Waals surface area (Å²) >= 11 is 0. The predicted molar refractivity (Wildman–Crippen MR) is 73.1 cm³/mol. The van der Waals surface area contributed by atoms with Crippen molar-refractivity contribution in [3.8, 4) is 6.07 Å². The van der Waals surface area contributed by atoms with Gasteiger partial charge in [-0.1, -0.05) is 6.08 Å². The van der Waals surface area contributed by atoms with Gasteiger partial charge in [-0.25, -0.2) is 9.18 Å². The lowest BCUT2D eigenvalue weighted by atomic mass is 9.99. The monoisotopic (exact) mass is 286 g/mol. The molecule has 0 spiro atoms. The number of carbonyl (C=O) groups is 1. The summed E-state index contributed by atoms with van der Waals surface area (Å²) in [4.78, 5) is 12.3. The van der Waals surface area contributed by atoms with Crippen LogP contribution in [0.3, 0.4) is 0 Å². The zero-order valence-corrected chi connectivity index (χ0v) is 11.0. The molecule has 1 amide bonds. The van der Waals surface area contributed by atoms with Crippen LogP contribution in [0.4, 0.5) is 9.18 Å². The van der Waals surface area contributed by atoms with E-state index in [2.05, 4.69) is 0 Å². The third-order valence-electron chi connectivity index (χ3n) is 3.56. The van der Waals surface area contributed by atoms with Crippen LogP contribution in [-0.4, -0.2) is 29.2 Å². The smallest absolute Gasteiger partial charge is 0.407 e. The lowest BCUT2D eigenvalue weighted by molar-refractivity contribution is 0.150. The molecule has 0 saturated carbocycles. The molecule has 1 aromatic heterocycles. The molecule has 0 unspecified atom stereocenters. The van der Waals surface area contributed by atoms with Gasteiger partial charge in [0.2, 0.25) is 0 Å². The van der Waals surface area contributed by atoms with Crippen LogP contribution in [0.5, 0.6) is 0 Å². The molecule has 1 aromatic carbocycles. The van der Waals surface area contributed by atoms with Crippen LogP contribution < -0.4 is 0 Å². The van der Waals surface area contributed by atoms with Crippen LogP contribution in [0.1, 0.15) is 17.5 Å². The van der Waals surface area contributed by atoms with E-state index < -0.39 is 11.9 Å². The van der Waals surface area contributed by atoms with Gasteiger partial charge >= 0.3 is 6.09 Å². The first-order valence-corrected chi connectivity index (χ1v) is 6.39. The molecule has 0 fully saturated rings. The van der Waals surface area contributed by atoms with E-state index in [1.165, 1.54) is 23.3 Å². The van der Waals surface area contributed by atoms with Gasteiger partial charge in [0.15, 0.2) is 5.58 Å². The molecule has 0 saturated heterocycles. The number of halogens is 1. The van der Waals surface area contributed by atoms with Gasteiger partial charge in [-0.05, 0) is 24.1 Å². The Morgan fingerprint density at radius 2 is 2.29 bits per heavy atom. The Hall–Kier alpha value is -2.81. The molecule has 1 aliphatic heterocycles. The van der Waals surface area contributed by atoms with Gasteiger partial charge in [-0.2, -0.15) is 5.26 Å². The Morgan fingerprint density at radius 1 is 1.48 bits per heavy atom. The number of amides is 1. The van der Waals surface area contributed by atoms with Crippen molar-refractivity contribution in [2.24, 2.45) is 0 Å². The van der Waals surface area contributed by atoms with E-state index in [1.807, 2.05) is 12.1 Å². The second-order valence-corrected chi connectivity index (χ2v) is 4.78. The summed E-state index contributed by atoms with van der Waals surface area (Å²) in [7, 11) is 0. The highest BCUT2D eigenvalue weighted by atomic mass is 19.1. The van der Waals surface area contributed by atoms with Gasteiger partial charge in [-0.15, -0.1) is 0 Å². The molecule has 0 radical (unpaired) electrons. The topological polar surface area (TPSA) is 77.5 Å². The fraction of sp³-hybridized carbons (Fsp3) is 0.200. The third kappa shape index (κ3) is 2.13. The van der Waals surface area contributed by atoms with Gasteiger partial charge in [0.1, 0.15) is 11.9 Å². The minimum absolute atomic E-state index is 0.181. The minimum Gasteiger partial charge on any atom is -0.465 e. The summed E-state index contributed by atoms with van der Waals surface area (Å²) < 4.78 is 19.4. The van der Waals surface area contributed by atoms with E-state index in [0.717, 1.165) is 0 Å². The number of nitrogens with zero attached hydrogens (tertiary/aromatic N) is 2. The van der Waals surface area contributed by atoms with E-state index >= 15 is 0 Å². The summed E-state index contributed by atoms with van der Waals surface area (Å²) in [6.45, 7) is 0.598. The number of hydrogen-bond donors (Lipinski definition) is 1. The zero-order chi connectivity index (χ0) is 15.0. The lowest BCUT2D eigenvalue weighted by Gasteiger charge is -2.24. The van der Waals surface area contributed by atoms with E-state index in [9.17, 15) is 9.18 Å². The maximum Gasteiger partial charge on any atom is 0.407 e. The van der Waals surface area contributed by atoms with Gasteiger partial charge in [0.25, 0.3) is 0 Å². The number of benzene rings is 1. The summed E-state index contributed by atoms with van der Waals surface area (Å²) in [5.74, 6) is -0.485. The van der Waals surface area contributed by atoms with Crippen LogP contribution in [0.25, 0.3) is 16.5 Å². The molecular weight excluding hydrogens is 275 g/mol. The van der Waals surface area contributed by atoms with Crippen molar-refractivity contribution >= 4 is 22.6 Å². The van der Waals surface area contributed by atoms with Crippen LogP contribution >= 0.6 is 0 Å². The molecule has 2 aromatic rings. The standard InChI is InChI=1S/C15H11FN2O3/c16-12-4-3-9(6-17)14-13(12)11(8-21-14)10-2-1-5-18(7-10)15(19)20/h2-4,8H,1,5,7H2,(H,19,20). The Kier molecular flexibility index (Phi) is 3.10. The average molecular weight is 286 g/mol. The fourth-order valence-electron chi connectivity index (χ4n) is 2.54. The molecule has 1 aliphatic rings. The molecule has 5 nitrogen and oxygen atoms in total. The molecule has 21 heavy (non-hydrogen) atoms. The normalized spacial score (nSPS) is 14.9. The third-order valence-corrected chi connectivity index (χ3v) is 3.56. The van der Waals surface area contributed by atoms with Gasteiger partial charge in [-0.3, -0.25) is 0 Å². The number of nitriles is 1. The van der Waals surface area contributed by atoms with Gasteiger partial charge in [0, 0.05) is 18.7 Å². The molecule has 6 heteroatoms. The maximum absolute atomic E-state index is 14.1. The summed E-state index contributed by atoms with van der Waals surface area (Å²) in [5, 5.41) is 18.3. The Morgan fingerprint density at radius 3 is 3.00 bits per heavy atom. The second-order valence-electron chi connectivity index (χ2n) is 4.78. The highest BCUT2D eigenvalue weighted by Gasteiger charge is 2.22. The van der Waals surface area contributed by atoms with Crippen LogP contribution in [0.2, 0.25) is 0 Å². The molecule has 1 N–H and O–H groups in total. The SMILES string of the molecule is N#Cc1ccc(F)c2c(C3=CCCN(C(=O)O)C3)coc12. The molecule has 3 rings (SSSR count). The van der Waals surface area contributed by atoms with E-state index in [-0.39, 0.29) is 23.1 Å². The lowest BCUT2D eigenvalue weighted by Crippen LogP contribution is -2.34. The van der Waals surface area contributed by atoms with Crippen molar-refractivity contribution in [2.45, 2.75) is 6.42 Å². The number of furan rings is 1. The average Bonchev–Trinajstić information content (AvgIpc) is 2.94. The number of fused-ring (bicyclic) bond motifs is 1. The van der Waals surface area contributed by atoms with Crippen molar-refractivity contribution in [2.75, 3.05) is 13.1 Å². The summed E-state index contributed by atoms with van der Waals surface area (Å²) in [6, 6.07) is 4.54. The summed E-state index contributed by atoms with van der Waals surface area (Å²) in [6.07, 6.45) is 2.81. The van der Waals surface area contributed by atoms with E-state index in [1.54, 1.807) is 0 Å². The van der Waals surface area contributed by atoms with Crippen LogP contribution in [0, 0.1) is 17.1 Å². The first kappa shape index (κ1) is 13.2. The van der Waals surface area contributed by atoms with E-state index in [4.69, 9.17) is 14.8 Å². The van der Waals surface area contributed by atoms with Crippen molar-refractivity contribution in [3.63, 3.8) is 0 Å². The Labute approximate surface area is 119 Å². The molecule has 0 aliphatic carbocycles. The molecule has 106 valence electrons. The first-order valence-electron chi connectivity index (χ1n) is 6.39. The van der Waals surface area contributed by atoms with Crippen LogP contribution in [-0.2, 0) is 0 Å². The molecule has 0 bridgehead atoms. The molecule has 0 atom stereocenters. The van der Waals surface area contributed by atoms with Crippen molar-refractivity contribution in [3.05, 3.63) is 41.4 Å². The largest absolute Gasteiger partial charge is 0.465 e. The highest BCUT2D eigenvalue weighted by Crippen LogP contribution is 2.33. The molecule has 2 heterocycles. The van der Waals surface area contributed by atoms with Crippen molar-refractivity contribution in [1.29, 1.82) is 5.26 Å². The van der Waals surface area contributed by atoms with E-state index in [0.29, 0.717) is 24.1 Å². The maximum atomic E-state index is 14.1. The molecular formula is C15H11FN2O3. The van der Waals surface area contributed by atoms with Gasteiger partial charge < -0.3 is 14.4 Å². The number of rotatable bonds is 1. The second kappa shape index (κ2) is 4.94. The van der Waals surface area contributed by atoms with Crippen molar-refractivity contribution < 1.29 is 18.7 Å². The quantitative estimate of drug-likeness (QED) is 0.873. The zero-order valence-electron chi connectivity index (χ0n) is 11.0. The van der Waals surface area contributed by atoms with Crippen molar-refractivity contribution in [1.82, 2.24) is 4.90 Å². The Balaban J connectivity index is 2.12. The fourth-order valence-corrected chi connectivity index (χ4v) is 2.54. The highest BCUT2D eigenvalue weighted by molar-refractivity contribution is 5.95. The van der Waals surface area contributed by atoms with Gasteiger partial charge in [0.05, 0.1) is 17.2 Å². The van der Waals surface area contributed by atoms with Crippen LogP contribution in [0.15, 0.2) is 28.9 Å². The number of carboxylic acid groups (broad SMARTS) is 1. The predicted octanol–water partition coefficient (Wildman–Crippen LogP) is 3.21. The summed E-state index contributed by atoms with van der Waals surface area (Å²) in [5.41, 5.74) is 1.65. The first-order chi connectivity index (χ1) is 10.1.